The van der Waals surface area contributed by atoms with Crippen LogP contribution < -0.4 is 10.6 Å². The van der Waals surface area contributed by atoms with E-state index in [4.69, 9.17) is 19.2 Å². The molecule has 1 aliphatic heterocycles. The second kappa shape index (κ2) is 28.1. The van der Waals surface area contributed by atoms with Crippen LogP contribution in [0.15, 0.2) is 107 Å². The average Bonchev–Trinajstić information content (AvgIpc) is 1.55. The molecule has 4 aromatic rings. The maximum Gasteiger partial charge on any atom is 0.342 e. The van der Waals surface area contributed by atoms with Crippen LogP contribution in [0, 0.1) is 68.0 Å². The van der Waals surface area contributed by atoms with Gasteiger partial charge in [-0.1, -0.05) is 229 Å². The Labute approximate surface area is 540 Å². The maximum absolute atomic E-state index is 16.7. The molecule has 1 aromatic heterocycles. The van der Waals surface area contributed by atoms with Gasteiger partial charge in [-0.3, -0.25) is 19.0 Å². The van der Waals surface area contributed by atoms with Crippen molar-refractivity contribution in [3.8, 4) is 11.1 Å². The Morgan fingerprint density at radius 3 is 1.29 bits per heavy atom. The molecule has 2 amide bonds. The van der Waals surface area contributed by atoms with Crippen LogP contribution in [0.1, 0.15) is 237 Å². The molecule has 2 heterocycles. The zero-order valence-corrected chi connectivity index (χ0v) is 58.7. The molecule has 0 saturated heterocycles. The maximum atomic E-state index is 16.7. The molecule has 2 aliphatic carbocycles. The number of carbonyl (C=O) groups excluding carboxylic acids is 5. The minimum Gasteiger partial charge on any atom is -0.458 e. The predicted octanol–water partition coefficient (Wildman–Crippen LogP) is 18.7. The van der Waals surface area contributed by atoms with Gasteiger partial charge in [0, 0.05) is 58.1 Å². The lowest BCUT2D eigenvalue weighted by atomic mass is 9.59. The van der Waals surface area contributed by atoms with E-state index in [-0.39, 0.29) is 85.6 Å². The molecular formula is C78H110N4O8. The van der Waals surface area contributed by atoms with Crippen LogP contribution in [0.25, 0.3) is 22.3 Å². The molecule has 12 nitrogen and oxygen atoms in total. The number of hydrogen-bond donors (Lipinski definition) is 2. The first-order chi connectivity index (χ1) is 42.2. The van der Waals surface area contributed by atoms with Crippen molar-refractivity contribution in [2.75, 3.05) is 5.32 Å². The summed E-state index contributed by atoms with van der Waals surface area (Å²) in [6.45, 7) is 44.2. The van der Waals surface area contributed by atoms with Crippen LogP contribution in [0.2, 0.25) is 0 Å². The Bertz CT molecular complexity index is 3230. The lowest BCUT2D eigenvalue weighted by Gasteiger charge is -2.50. The quantitative estimate of drug-likeness (QED) is 0.0695. The van der Waals surface area contributed by atoms with E-state index in [1.165, 1.54) is 6.92 Å². The number of ether oxygens (including phenoxy) is 3. The van der Waals surface area contributed by atoms with Crippen molar-refractivity contribution >= 4 is 52.5 Å². The molecule has 90 heavy (non-hydrogen) atoms. The number of anilines is 1. The highest BCUT2D eigenvalue weighted by Crippen LogP contribution is 2.54. The highest BCUT2D eigenvalue weighted by molar-refractivity contribution is 6.32. The van der Waals surface area contributed by atoms with E-state index < -0.39 is 47.7 Å². The van der Waals surface area contributed by atoms with Crippen LogP contribution in [-0.2, 0) is 40.1 Å². The van der Waals surface area contributed by atoms with Gasteiger partial charge in [-0.15, -0.1) is 0 Å². The number of amidine groups is 1. The molecule has 4 atom stereocenters. The number of nitrogens with zero attached hydrogens (tertiary/aromatic N) is 2. The fraction of sp³-hybridized carbons (Fsp3) is 0.590. The zero-order valence-electron chi connectivity index (χ0n) is 58.7. The summed E-state index contributed by atoms with van der Waals surface area (Å²) in [5, 5.41) is 6.69. The monoisotopic (exact) mass is 1230 g/mol. The Morgan fingerprint density at radius 2 is 0.900 bits per heavy atom. The van der Waals surface area contributed by atoms with Gasteiger partial charge in [-0.2, -0.15) is 0 Å². The number of rotatable bonds is 19. The Balaban J connectivity index is 1.74. The van der Waals surface area contributed by atoms with Gasteiger partial charge < -0.3 is 24.8 Å². The lowest BCUT2D eigenvalue weighted by molar-refractivity contribution is -0.164. The van der Waals surface area contributed by atoms with Crippen LogP contribution in [0.4, 0.5) is 5.82 Å². The van der Waals surface area contributed by atoms with E-state index >= 15 is 19.2 Å². The fourth-order valence-corrected chi connectivity index (χ4v) is 15.2. The van der Waals surface area contributed by atoms with E-state index in [2.05, 4.69) is 108 Å². The van der Waals surface area contributed by atoms with Crippen molar-refractivity contribution in [2.24, 2.45) is 73.0 Å². The first-order valence-corrected chi connectivity index (χ1v) is 33.9. The fourth-order valence-electron chi connectivity index (χ4n) is 15.2. The number of aliphatic imine (C=N–C) groups is 1. The van der Waals surface area contributed by atoms with Gasteiger partial charge in [0.1, 0.15) is 35.0 Å². The molecule has 12 heteroatoms. The highest BCUT2D eigenvalue weighted by atomic mass is 16.6. The summed E-state index contributed by atoms with van der Waals surface area (Å²) in [6.07, 6.45) is 5.49. The number of amides is 2. The molecule has 3 aromatic carbocycles. The number of carbonyl (C=O) groups is 5. The Hall–Kier alpha value is -6.56. The van der Waals surface area contributed by atoms with E-state index in [1.54, 1.807) is 4.57 Å². The van der Waals surface area contributed by atoms with Crippen LogP contribution in [0.3, 0.4) is 0 Å². The topological polar surface area (TPSA) is 154 Å². The summed E-state index contributed by atoms with van der Waals surface area (Å²) < 4.78 is 22.4. The first-order valence-electron chi connectivity index (χ1n) is 33.9. The number of hydrogen-bond acceptors (Lipinski definition) is 9. The Morgan fingerprint density at radius 1 is 0.522 bits per heavy atom. The molecule has 2 N–H and O–H groups in total. The third kappa shape index (κ3) is 14.8. The van der Waals surface area contributed by atoms with Gasteiger partial charge in [-0.25, -0.2) is 14.6 Å². The minimum absolute atomic E-state index is 0.0135. The molecular weight excluding hydrogens is 1120 g/mol. The molecule has 7 rings (SSSR count). The Kier molecular flexibility index (Phi) is 22.2. The molecule has 4 unspecified atom stereocenters. The minimum atomic E-state index is -0.861. The first kappa shape index (κ1) is 70.9. The van der Waals surface area contributed by atoms with Crippen molar-refractivity contribution < 1.29 is 38.2 Å². The molecule has 3 aliphatic rings. The second-order valence-electron chi connectivity index (χ2n) is 31.0. The molecule has 2 saturated carbocycles. The van der Waals surface area contributed by atoms with Crippen molar-refractivity contribution in [2.45, 2.75) is 229 Å². The number of nitrogens with one attached hydrogen (secondary N) is 2. The van der Waals surface area contributed by atoms with Crippen molar-refractivity contribution in [1.82, 2.24) is 9.88 Å². The van der Waals surface area contributed by atoms with Crippen LogP contribution >= 0.6 is 0 Å². The molecule has 0 spiro atoms. The summed E-state index contributed by atoms with van der Waals surface area (Å²) in [7, 11) is 0. The van der Waals surface area contributed by atoms with Crippen LogP contribution in [-0.4, -0.2) is 52.3 Å². The average molecular weight is 1230 g/mol. The highest BCUT2D eigenvalue weighted by Gasteiger charge is 2.52. The van der Waals surface area contributed by atoms with Gasteiger partial charge in [0.15, 0.2) is 6.73 Å². The number of aromatic nitrogens is 1. The molecule has 2 fully saturated rings. The van der Waals surface area contributed by atoms with E-state index in [0.717, 1.165) is 25.7 Å². The van der Waals surface area contributed by atoms with Gasteiger partial charge in [0.2, 0.25) is 11.8 Å². The molecule has 0 bridgehead atoms. The van der Waals surface area contributed by atoms with Crippen molar-refractivity contribution in [3.05, 3.63) is 125 Å². The van der Waals surface area contributed by atoms with Gasteiger partial charge in [-0.05, 0) is 114 Å². The molecule has 490 valence electrons. The van der Waals surface area contributed by atoms with Gasteiger partial charge in [0.25, 0.3) is 0 Å². The van der Waals surface area contributed by atoms with E-state index in [9.17, 15) is 4.79 Å². The smallest absolute Gasteiger partial charge is 0.342 e. The summed E-state index contributed by atoms with van der Waals surface area (Å²) in [5.74, 6) is -1.67. The number of esters is 3. The molecule has 0 radical (unpaired) electrons. The van der Waals surface area contributed by atoms with E-state index in [1.807, 2.05) is 133 Å². The third-order valence-corrected chi connectivity index (χ3v) is 21.3. The summed E-state index contributed by atoms with van der Waals surface area (Å²) in [4.78, 5) is 83.4. The van der Waals surface area contributed by atoms with Crippen molar-refractivity contribution in [3.63, 3.8) is 0 Å². The summed E-state index contributed by atoms with van der Waals surface area (Å²) in [5.41, 5.74) is 1.13. The third-order valence-electron chi connectivity index (χ3n) is 21.3. The summed E-state index contributed by atoms with van der Waals surface area (Å²) in [6, 6.07) is 28.8. The largest absolute Gasteiger partial charge is 0.458 e. The summed E-state index contributed by atoms with van der Waals surface area (Å²) >= 11 is 0. The SMILES string of the molecule is CCC(CC)(CC)C(=O)NC1=N/C(=C(/c2ccccc2)c2c(-c3ccccc3)c(C(=O)OC3C(C(C)(C)C)CC(C)CC3C(C)(C)C)c(NC(=O)C(CC)(CC)CC)n2COC(C)=O)C(c2ccccc2)=C1C(=O)OC1C(C(C)(C)C)CC(C)CC1C(C)(C)C. The lowest BCUT2D eigenvalue weighted by Crippen LogP contribution is -2.50. The van der Waals surface area contributed by atoms with Gasteiger partial charge >= 0.3 is 17.9 Å². The number of allylic oxidation sites excluding steroid dienone is 1. The second-order valence-corrected chi connectivity index (χ2v) is 31.0. The van der Waals surface area contributed by atoms with Crippen LogP contribution in [0.5, 0.6) is 0 Å². The van der Waals surface area contributed by atoms with Crippen molar-refractivity contribution in [1.29, 1.82) is 0 Å². The van der Waals surface area contributed by atoms with E-state index in [0.29, 0.717) is 89.5 Å². The standard InChI is InChI=1S/C78H110N4O8/c1-22-77(23-2,24-3)71(86)80-67-61(69(84)89-65-54(73(10,11)12)43-48(7)44-55(65)74(13,14)15)58(51-37-31-28-32-38-51)63(79-67)60(53-41-35-30-36-42-53)64-59(52-39-33-29-34-40-52)62(68(82(64)47-88-50(9)83)81-72(87)78(25-4,26-5)27-6)70(85)90-66-56(75(16,17)18)45-49(8)46-57(66)76(19,20)21/h28-42,48-49,54-57,65-66H,22-27,43-47H2,1-21H3,(H,81,87)(H,79,80,86)/b63-60-. The van der Waals surface area contributed by atoms with Gasteiger partial charge in [0.05, 0.1) is 11.4 Å². The number of benzene rings is 3. The zero-order chi connectivity index (χ0) is 66.6. The normalized spacial score (nSPS) is 22.6. The predicted molar refractivity (Wildman–Crippen MR) is 366 cm³/mol.